The van der Waals surface area contributed by atoms with Crippen LogP contribution in [0.5, 0.6) is 0 Å². The van der Waals surface area contributed by atoms with Crippen LogP contribution in [0.1, 0.15) is 5.56 Å². The maximum atomic E-state index is 12.7. The van der Waals surface area contributed by atoms with Crippen molar-refractivity contribution in [1.82, 2.24) is 10.6 Å². The minimum atomic E-state index is -0.452. The maximum absolute atomic E-state index is 12.7. The fourth-order valence-electron chi connectivity index (χ4n) is 1.03. The van der Waals surface area contributed by atoms with Gasteiger partial charge in [0.2, 0.25) is 0 Å². The quantitative estimate of drug-likeness (QED) is 0.723. The Labute approximate surface area is 86.5 Å². The van der Waals surface area contributed by atoms with Gasteiger partial charge >= 0.3 is 6.03 Å². The average molecular weight is 210 g/mol. The zero-order valence-electron chi connectivity index (χ0n) is 8.00. The van der Waals surface area contributed by atoms with Crippen molar-refractivity contribution in [3.8, 4) is 0 Å². The SMILES string of the molecule is O=CCNC(=O)NCc1cccc(F)c1. The molecule has 5 heteroatoms. The Morgan fingerprint density at radius 3 is 2.87 bits per heavy atom. The summed E-state index contributed by atoms with van der Waals surface area (Å²) < 4.78 is 12.7. The number of hydrogen-bond acceptors (Lipinski definition) is 2. The lowest BCUT2D eigenvalue weighted by Crippen LogP contribution is -2.35. The number of benzene rings is 1. The summed E-state index contributed by atoms with van der Waals surface area (Å²) in [5, 5.41) is 4.79. The summed E-state index contributed by atoms with van der Waals surface area (Å²) in [6.45, 7) is 0.192. The Bertz CT molecular complexity index is 355. The zero-order valence-corrected chi connectivity index (χ0v) is 8.00. The van der Waals surface area contributed by atoms with Gasteiger partial charge in [0.05, 0.1) is 6.54 Å². The van der Waals surface area contributed by atoms with Crippen LogP contribution in [0.2, 0.25) is 0 Å². The van der Waals surface area contributed by atoms with E-state index in [2.05, 4.69) is 10.6 Å². The summed E-state index contributed by atoms with van der Waals surface area (Å²) >= 11 is 0. The number of hydrogen-bond donors (Lipinski definition) is 2. The van der Waals surface area contributed by atoms with Crippen molar-refractivity contribution in [2.45, 2.75) is 6.54 Å². The highest BCUT2D eigenvalue weighted by Crippen LogP contribution is 2.02. The molecule has 2 N–H and O–H groups in total. The van der Waals surface area contributed by atoms with E-state index < -0.39 is 6.03 Å². The van der Waals surface area contributed by atoms with Gasteiger partial charge in [-0.1, -0.05) is 12.1 Å². The number of nitrogens with one attached hydrogen (secondary N) is 2. The van der Waals surface area contributed by atoms with Crippen LogP contribution in [0, 0.1) is 5.82 Å². The van der Waals surface area contributed by atoms with Gasteiger partial charge < -0.3 is 15.4 Å². The molecule has 0 aliphatic heterocycles. The van der Waals surface area contributed by atoms with Gasteiger partial charge in [0.25, 0.3) is 0 Å². The van der Waals surface area contributed by atoms with Crippen molar-refractivity contribution in [2.24, 2.45) is 0 Å². The fraction of sp³-hybridized carbons (Fsp3) is 0.200. The summed E-state index contributed by atoms with van der Waals surface area (Å²) in [7, 11) is 0. The molecule has 1 rings (SSSR count). The van der Waals surface area contributed by atoms with E-state index in [0.717, 1.165) is 0 Å². The van der Waals surface area contributed by atoms with Crippen LogP contribution >= 0.6 is 0 Å². The molecule has 0 heterocycles. The number of carbonyl (C=O) groups excluding carboxylic acids is 2. The summed E-state index contributed by atoms with van der Waals surface area (Å²) in [5.41, 5.74) is 0.663. The normalized spacial score (nSPS) is 9.40. The van der Waals surface area contributed by atoms with E-state index >= 15 is 0 Å². The Morgan fingerprint density at radius 2 is 2.20 bits per heavy atom. The molecular formula is C10H11FN2O2. The van der Waals surface area contributed by atoms with Crippen molar-refractivity contribution < 1.29 is 14.0 Å². The van der Waals surface area contributed by atoms with E-state index in [0.29, 0.717) is 11.8 Å². The smallest absolute Gasteiger partial charge is 0.315 e. The first-order chi connectivity index (χ1) is 7.22. The highest BCUT2D eigenvalue weighted by atomic mass is 19.1. The van der Waals surface area contributed by atoms with Crippen molar-refractivity contribution in [3.63, 3.8) is 0 Å². The van der Waals surface area contributed by atoms with Crippen LogP contribution in [-0.2, 0) is 11.3 Å². The lowest BCUT2D eigenvalue weighted by molar-refractivity contribution is -0.107. The minimum absolute atomic E-state index is 0.0328. The second-order valence-corrected chi connectivity index (χ2v) is 2.86. The van der Waals surface area contributed by atoms with Crippen LogP contribution in [0.4, 0.5) is 9.18 Å². The van der Waals surface area contributed by atoms with Gasteiger partial charge in [-0.15, -0.1) is 0 Å². The second-order valence-electron chi connectivity index (χ2n) is 2.86. The summed E-state index contributed by atoms with van der Waals surface area (Å²) in [6, 6.07) is 5.47. The monoisotopic (exact) mass is 210 g/mol. The molecule has 0 unspecified atom stereocenters. The Kier molecular flexibility index (Phi) is 4.28. The predicted molar refractivity (Wildman–Crippen MR) is 52.7 cm³/mol. The first-order valence-electron chi connectivity index (χ1n) is 4.42. The Hall–Kier alpha value is -1.91. The molecule has 4 nitrogen and oxygen atoms in total. The minimum Gasteiger partial charge on any atom is -0.334 e. The van der Waals surface area contributed by atoms with Crippen molar-refractivity contribution in [3.05, 3.63) is 35.6 Å². The molecule has 0 atom stereocenters. The third-order valence-corrected chi connectivity index (χ3v) is 1.69. The molecule has 15 heavy (non-hydrogen) atoms. The Morgan fingerprint density at radius 1 is 1.40 bits per heavy atom. The lowest BCUT2D eigenvalue weighted by Gasteiger charge is -2.05. The molecule has 0 aromatic heterocycles. The molecule has 80 valence electrons. The van der Waals surface area contributed by atoms with Crippen LogP contribution < -0.4 is 10.6 Å². The Balaban J connectivity index is 2.36. The molecule has 1 aromatic carbocycles. The molecule has 0 spiro atoms. The van der Waals surface area contributed by atoms with Gasteiger partial charge in [0.1, 0.15) is 12.1 Å². The molecule has 1 aromatic rings. The van der Waals surface area contributed by atoms with Crippen LogP contribution in [0.3, 0.4) is 0 Å². The number of urea groups is 1. The topological polar surface area (TPSA) is 58.2 Å². The molecule has 2 amide bonds. The first-order valence-corrected chi connectivity index (χ1v) is 4.42. The van der Waals surface area contributed by atoms with Gasteiger partial charge in [-0.2, -0.15) is 0 Å². The van der Waals surface area contributed by atoms with E-state index in [-0.39, 0.29) is 18.9 Å². The van der Waals surface area contributed by atoms with Gasteiger partial charge in [-0.05, 0) is 17.7 Å². The van der Waals surface area contributed by atoms with Gasteiger partial charge in [0.15, 0.2) is 0 Å². The van der Waals surface area contributed by atoms with Crippen LogP contribution in [-0.4, -0.2) is 18.9 Å². The van der Waals surface area contributed by atoms with Gasteiger partial charge in [-0.3, -0.25) is 0 Å². The van der Waals surface area contributed by atoms with E-state index in [1.54, 1.807) is 12.1 Å². The molecule has 0 radical (unpaired) electrons. The highest BCUT2D eigenvalue weighted by Gasteiger charge is 1.99. The first kappa shape index (κ1) is 11.2. The van der Waals surface area contributed by atoms with Gasteiger partial charge in [-0.25, -0.2) is 9.18 Å². The molecule has 0 aliphatic carbocycles. The van der Waals surface area contributed by atoms with E-state index in [4.69, 9.17) is 0 Å². The van der Waals surface area contributed by atoms with Crippen molar-refractivity contribution >= 4 is 12.3 Å². The molecule has 0 aliphatic rings. The molecule has 0 saturated heterocycles. The number of amides is 2. The van der Waals surface area contributed by atoms with E-state index in [9.17, 15) is 14.0 Å². The highest BCUT2D eigenvalue weighted by molar-refractivity contribution is 5.76. The van der Waals surface area contributed by atoms with Crippen molar-refractivity contribution in [1.29, 1.82) is 0 Å². The average Bonchev–Trinajstić information content (AvgIpc) is 2.23. The third kappa shape index (κ3) is 4.21. The number of rotatable bonds is 4. The largest absolute Gasteiger partial charge is 0.334 e. The molecular weight excluding hydrogens is 199 g/mol. The molecule has 0 fully saturated rings. The predicted octanol–water partition coefficient (Wildman–Crippen LogP) is 0.824. The zero-order chi connectivity index (χ0) is 11.1. The standard InChI is InChI=1S/C10H11FN2O2/c11-9-3-1-2-8(6-9)7-13-10(15)12-4-5-14/h1-3,5-6H,4,7H2,(H2,12,13,15). The summed E-state index contributed by atoms with van der Waals surface area (Å²) in [4.78, 5) is 20.9. The van der Waals surface area contributed by atoms with E-state index in [1.807, 2.05) is 0 Å². The van der Waals surface area contributed by atoms with Crippen molar-refractivity contribution in [2.75, 3.05) is 6.54 Å². The van der Waals surface area contributed by atoms with Gasteiger partial charge in [0, 0.05) is 6.54 Å². The number of aldehydes is 1. The van der Waals surface area contributed by atoms with E-state index in [1.165, 1.54) is 12.1 Å². The third-order valence-electron chi connectivity index (χ3n) is 1.69. The maximum Gasteiger partial charge on any atom is 0.315 e. The fourth-order valence-corrected chi connectivity index (χ4v) is 1.03. The van der Waals surface area contributed by atoms with Crippen LogP contribution in [0.15, 0.2) is 24.3 Å². The van der Waals surface area contributed by atoms with Crippen LogP contribution in [0.25, 0.3) is 0 Å². The molecule has 0 bridgehead atoms. The number of carbonyl (C=O) groups is 2. The lowest BCUT2D eigenvalue weighted by atomic mass is 10.2. The summed E-state index contributed by atoms with van der Waals surface area (Å²) in [5.74, 6) is -0.345. The number of halogens is 1. The summed E-state index contributed by atoms with van der Waals surface area (Å²) in [6.07, 6.45) is 0.585. The second kappa shape index (κ2) is 5.74. The molecule has 0 saturated carbocycles.